The Hall–Kier alpha value is -2.35. The summed E-state index contributed by atoms with van der Waals surface area (Å²) in [5, 5.41) is 0.117. The Morgan fingerprint density at radius 2 is 1.95 bits per heavy atom. The minimum Gasteiger partial charge on any atom is -0.384 e. The second-order valence-corrected chi connectivity index (χ2v) is 6.12. The summed E-state index contributed by atoms with van der Waals surface area (Å²) < 4.78 is 1.97. The summed E-state index contributed by atoms with van der Waals surface area (Å²) in [7, 11) is 2.74. The van der Waals surface area contributed by atoms with Gasteiger partial charge in [-0.15, -0.1) is 0 Å². The normalized spacial score (nSPS) is 12.1. The average Bonchev–Trinajstić information content (AvgIpc) is 2.52. The lowest BCUT2D eigenvalue weighted by Gasteiger charge is -2.14. The predicted octanol–water partition coefficient (Wildman–Crippen LogP) is 0.425. The summed E-state index contributed by atoms with van der Waals surface area (Å²) in [6.45, 7) is 1.67. The van der Waals surface area contributed by atoms with Crippen LogP contribution >= 0.6 is 11.8 Å². The summed E-state index contributed by atoms with van der Waals surface area (Å²) in [6.07, 6.45) is 1.62. The summed E-state index contributed by atoms with van der Waals surface area (Å²) in [5.41, 5.74) is 4.38. The number of hydrogen-bond donors (Lipinski definition) is 1. The van der Waals surface area contributed by atoms with Crippen LogP contribution in [0, 0.1) is 0 Å². The zero-order valence-corrected chi connectivity index (χ0v) is 13.3. The largest absolute Gasteiger partial charge is 0.384 e. The van der Waals surface area contributed by atoms with Crippen LogP contribution in [0.1, 0.15) is 17.3 Å². The molecule has 0 aliphatic heterocycles. The van der Waals surface area contributed by atoms with Crippen molar-refractivity contribution >= 4 is 23.4 Å². The maximum atomic E-state index is 12.5. The van der Waals surface area contributed by atoms with Gasteiger partial charge in [-0.05, 0) is 19.1 Å². The van der Waals surface area contributed by atoms with E-state index in [2.05, 4.69) is 4.98 Å². The third-order valence-electron chi connectivity index (χ3n) is 3.26. The van der Waals surface area contributed by atoms with Crippen LogP contribution in [0.2, 0.25) is 0 Å². The number of carbonyl (C=O) groups excluding carboxylic acids is 1. The Labute approximate surface area is 130 Å². The molecule has 2 aromatic heterocycles. The van der Waals surface area contributed by atoms with Crippen molar-refractivity contribution in [3.05, 3.63) is 50.8 Å². The molecule has 0 aromatic carbocycles. The maximum absolute atomic E-state index is 12.5. The molecule has 2 aromatic rings. The Kier molecular flexibility index (Phi) is 4.51. The van der Waals surface area contributed by atoms with Gasteiger partial charge in [0.05, 0.1) is 10.3 Å². The number of nitrogen functional groups attached to an aromatic ring is 1. The van der Waals surface area contributed by atoms with Gasteiger partial charge in [0.25, 0.3) is 5.56 Å². The first kappa shape index (κ1) is 16.0. The molecule has 0 spiro atoms. The molecule has 0 bridgehead atoms. The summed E-state index contributed by atoms with van der Waals surface area (Å²) in [5.74, 6) is -0.545. The van der Waals surface area contributed by atoms with E-state index >= 15 is 0 Å². The van der Waals surface area contributed by atoms with Crippen molar-refractivity contribution in [2.45, 2.75) is 17.2 Å². The van der Waals surface area contributed by atoms with Gasteiger partial charge in [-0.25, -0.2) is 9.78 Å². The minimum absolute atomic E-state index is 0.119. The Morgan fingerprint density at radius 3 is 2.55 bits per heavy atom. The topological polar surface area (TPSA) is 100.0 Å². The van der Waals surface area contributed by atoms with Crippen molar-refractivity contribution in [3.8, 4) is 0 Å². The molecule has 0 radical (unpaired) electrons. The lowest BCUT2D eigenvalue weighted by atomic mass is 10.1. The van der Waals surface area contributed by atoms with E-state index in [1.54, 1.807) is 25.3 Å². The van der Waals surface area contributed by atoms with Gasteiger partial charge >= 0.3 is 5.69 Å². The molecule has 0 aliphatic rings. The van der Waals surface area contributed by atoms with Crippen LogP contribution in [0.15, 0.2) is 39.0 Å². The van der Waals surface area contributed by atoms with E-state index in [1.807, 2.05) is 6.07 Å². The molecule has 7 nitrogen and oxygen atoms in total. The molecule has 0 saturated heterocycles. The Morgan fingerprint density at radius 1 is 1.27 bits per heavy atom. The second kappa shape index (κ2) is 6.18. The molecule has 0 unspecified atom stereocenters. The number of nitrogens with zero attached hydrogens (tertiary/aromatic N) is 3. The highest BCUT2D eigenvalue weighted by Gasteiger charge is 2.25. The molecular weight excluding hydrogens is 304 g/mol. The highest BCUT2D eigenvalue weighted by Crippen LogP contribution is 2.23. The van der Waals surface area contributed by atoms with Gasteiger partial charge in [-0.2, -0.15) is 0 Å². The standard InChI is InChI=1S/C14H16N4O3S/c1-8(22-9-6-4-5-7-16-9)11(19)10-12(15)17(2)14(21)18(3)13(10)20/h4-8H,15H2,1-3H3/t8-/m0/s1. The number of rotatable bonds is 4. The summed E-state index contributed by atoms with van der Waals surface area (Å²) in [4.78, 5) is 40.6. The fraction of sp³-hybridized carbons (Fsp3) is 0.286. The van der Waals surface area contributed by atoms with E-state index in [-0.39, 0.29) is 11.4 Å². The zero-order chi connectivity index (χ0) is 16.4. The van der Waals surface area contributed by atoms with E-state index in [4.69, 9.17) is 5.73 Å². The smallest absolute Gasteiger partial charge is 0.332 e. The van der Waals surface area contributed by atoms with Crippen molar-refractivity contribution in [2.75, 3.05) is 5.73 Å². The van der Waals surface area contributed by atoms with E-state index in [0.29, 0.717) is 5.03 Å². The number of anilines is 1. The first-order valence-electron chi connectivity index (χ1n) is 6.52. The third kappa shape index (κ3) is 2.82. The number of Topliss-reactive ketones (excluding diaryl/α,β-unsaturated/α-hetero) is 1. The van der Waals surface area contributed by atoms with Crippen molar-refractivity contribution in [2.24, 2.45) is 14.1 Å². The van der Waals surface area contributed by atoms with Gasteiger partial charge in [0.2, 0.25) is 0 Å². The molecule has 0 saturated carbocycles. The molecule has 0 aliphatic carbocycles. The minimum atomic E-state index is -0.681. The first-order chi connectivity index (χ1) is 10.3. The average molecular weight is 320 g/mol. The first-order valence-corrected chi connectivity index (χ1v) is 7.40. The van der Waals surface area contributed by atoms with Crippen LogP contribution < -0.4 is 17.0 Å². The van der Waals surface area contributed by atoms with Gasteiger partial charge < -0.3 is 5.73 Å². The second-order valence-electron chi connectivity index (χ2n) is 4.76. The van der Waals surface area contributed by atoms with E-state index in [0.717, 1.165) is 9.13 Å². The molecule has 22 heavy (non-hydrogen) atoms. The number of ketones is 1. The number of hydrogen-bond acceptors (Lipinski definition) is 6. The van der Waals surface area contributed by atoms with E-state index in [1.165, 1.54) is 25.9 Å². The number of pyridine rings is 1. The van der Waals surface area contributed by atoms with Crippen LogP contribution in [0.4, 0.5) is 5.82 Å². The highest BCUT2D eigenvalue weighted by atomic mass is 32.2. The quantitative estimate of drug-likeness (QED) is 0.647. The van der Waals surface area contributed by atoms with Crippen LogP contribution in [0.5, 0.6) is 0 Å². The van der Waals surface area contributed by atoms with Crippen LogP contribution in [0.3, 0.4) is 0 Å². The van der Waals surface area contributed by atoms with E-state index < -0.39 is 22.3 Å². The highest BCUT2D eigenvalue weighted by molar-refractivity contribution is 8.00. The van der Waals surface area contributed by atoms with Gasteiger partial charge in [-0.1, -0.05) is 17.8 Å². The molecular formula is C14H16N4O3S. The van der Waals surface area contributed by atoms with Gasteiger partial charge in [0, 0.05) is 20.3 Å². The molecule has 116 valence electrons. The number of carbonyl (C=O) groups is 1. The van der Waals surface area contributed by atoms with Gasteiger partial charge in [0.15, 0.2) is 5.78 Å². The van der Waals surface area contributed by atoms with Crippen molar-refractivity contribution in [3.63, 3.8) is 0 Å². The molecule has 1 atom stereocenters. The van der Waals surface area contributed by atoms with Crippen LogP contribution in [-0.4, -0.2) is 25.2 Å². The zero-order valence-electron chi connectivity index (χ0n) is 12.4. The molecule has 8 heteroatoms. The number of aromatic nitrogens is 3. The fourth-order valence-electron chi connectivity index (χ4n) is 1.95. The van der Waals surface area contributed by atoms with Gasteiger partial charge in [0.1, 0.15) is 11.4 Å². The maximum Gasteiger partial charge on any atom is 0.332 e. The Bertz CT molecular complexity index is 826. The number of nitrogens with two attached hydrogens (primary N) is 1. The summed E-state index contributed by atoms with van der Waals surface area (Å²) in [6, 6.07) is 5.36. The molecule has 0 amide bonds. The predicted molar refractivity (Wildman–Crippen MR) is 85.2 cm³/mol. The summed E-state index contributed by atoms with van der Waals surface area (Å²) >= 11 is 1.23. The lowest BCUT2D eigenvalue weighted by molar-refractivity contribution is 0.0992. The lowest BCUT2D eigenvalue weighted by Crippen LogP contribution is -2.42. The molecule has 2 N–H and O–H groups in total. The number of thioether (sulfide) groups is 1. The fourth-order valence-corrected chi connectivity index (χ4v) is 2.81. The van der Waals surface area contributed by atoms with Gasteiger partial charge in [-0.3, -0.25) is 18.7 Å². The molecule has 2 heterocycles. The van der Waals surface area contributed by atoms with Crippen molar-refractivity contribution in [1.82, 2.24) is 14.1 Å². The monoisotopic (exact) mass is 320 g/mol. The van der Waals surface area contributed by atoms with Crippen molar-refractivity contribution in [1.29, 1.82) is 0 Å². The molecule has 0 fully saturated rings. The Balaban J connectivity index is 2.42. The van der Waals surface area contributed by atoms with Crippen LogP contribution in [-0.2, 0) is 14.1 Å². The van der Waals surface area contributed by atoms with Crippen LogP contribution in [0.25, 0.3) is 0 Å². The SMILES string of the molecule is C[C@H](Sc1ccccn1)C(=O)c1c(N)n(C)c(=O)n(C)c1=O. The van der Waals surface area contributed by atoms with E-state index in [9.17, 15) is 14.4 Å². The third-order valence-corrected chi connectivity index (χ3v) is 4.31. The van der Waals surface area contributed by atoms with Crippen molar-refractivity contribution < 1.29 is 4.79 Å². The molecule has 2 rings (SSSR count).